The van der Waals surface area contributed by atoms with Crippen molar-refractivity contribution in [1.29, 1.82) is 0 Å². The van der Waals surface area contributed by atoms with E-state index in [0.717, 1.165) is 70.8 Å². The first-order chi connectivity index (χ1) is 10.3. The molecule has 3 N–H and O–H groups in total. The van der Waals surface area contributed by atoms with Gasteiger partial charge >= 0.3 is 0 Å². The van der Waals surface area contributed by atoms with Crippen LogP contribution in [0.5, 0.6) is 0 Å². The molecule has 0 spiro atoms. The van der Waals surface area contributed by atoms with Gasteiger partial charge in [0.15, 0.2) is 5.96 Å². The van der Waals surface area contributed by atoms with Crippen LogP contribution in [0.15, 0.2) is 4.99 Å². The second-order valence-corrected chi connectivity index (χ2v) is 5.73. The minimum absolute atomic E-state index is 0.108. The van der Waals surface area contributed by atoms with E-state index in [9.17, 15) is 5.11 Å². The SMILES string of the molecule is CCCCOCCCN=C(NCC)NC1CCC(O)CC1. The number of guanidine groups is 1. The van der Waals surface area contributed by atoms with Crippen LogP contribution in [-0.4, -0.2) is 49.5 Å². The van der Waals surface area contributed by atoms with E-state index < -0.39 is 0 Å². The van der Waals surface area contributed by atoms with Gasteiger partial charge in [0, 0.05) is 32.3 Å². The standard InChI is InChI=1S/C16H33N3O2/c1-3-5-12-21-13-6-11-18-16(17-4-2)19-14-7-9-15(20)10-8-14/h14-15,20H,3-13H2,1-2H3,(H2,17,18,19). The maximum absolute atomic E-state index is 9.54. The van der Waals surface area contributed by atoms with Crippen molar-refractivity contribution in [3.8, 4) is 0 Å². The molecule has 0 radical (unpaired) electrons. The van der Waals surface area contributed by atoms with Gasteiger partial charge in [0.1, 0.15) is 0 Å². The Morgan fingerprint density at radius 2 is 1.86 bits per heavy atom. The number of ether oxygens (including phenoxy) is 1. The first-order valence-electron chi connectivity index (χ1n) is 8.56. The monoisotopic (exact) mass is 299 g/mol. The summed E-state index contributed by atoms with van der Waals surface area (Å²) in [5, 5.41) is 16.3. The molecule has 21 heavy (non-hydrogen) atoms. The number of nitrogens with one attached hydrogen (secondary N) is 2. The molecule has 1 saturated carbocycles. The van der Waals surface area contributed by atoms with Gasteiger partial charge in [0.05, 0.1) is 6.10 Å². The van der Waals surface area contributed by atoms with E-state index in [1.165, 1.54) is 6.42 Å². The normalized spacial score (nSPS) is 23.1. The molecule has 0 amide bonds. The van der Waals surface area contributed by atoms with Crippen molar-refractivity contribution in [1.82, 2.24) is 10.6 Å². The highest BCUT2D eigenvalue weighted by Gasteiger charge is 2.19. The third kappa shape index (κ3) is 8.94. The molecule has 0 saturated heterocycles. The lowest BCUT2D eigenvalue weighted by Gasteiger charge is -2.27. The molecule has 0 aromatic carbocycles. The highest BCUT2D eigenvalue weighted by atomic mass is 16.5. The van der Waals surface area contributed by atoms with Crippen molar-refractivity contribution in [3.63, 3.8) is 0 Å². The van der Waals surface area contributed by atoms with Crippen LogP contribution in [-0.2, 0) is 4.74 Å². The molecule has 0 atom stereocenters. The van der Waals surface area contributed by atoms with Crippen molar-refractivity contribution in [2.75, 3.05) is 26.3 Å². The lowest BCUT2D eigenvalue weighted by Crippen LogP contribution is -2.45. The van der Waals surface area contributed by atoms with Crippen LogP contribution in [0.2, 0.25) is 0 Å². The number of nitrogens with zero attached hydrogens (tertiary/aromatic N) is 1. The van der Waals surface area contributed by atoms with Crippen LogP contribution in [0.4, 0.5) is 0 Å². The summed E-state index contributed by atoms with van der Waals surface area (Å²) in [7, 11) is 0. The zero-order valence-electron chi connectivity index (χ0n) is 13.7. The third-order valence-corrected chi connectivity index (χ3v) is 3.74. The van der Waals surface area contributed by atoms with Crippen LogP contribution < -0.4 is 10.6 Å². The van der Waals surface area contributed by atoms with Crippen LogP contribution in [0, 0.1) is 0 Å². The maximum Gasteiger partial charge on any atom is 0.191 e. The van der Waals surface area contributed by atoms with Gasteiger partial charge in [0.25, 0.3) is 0 Å². The molecule has 5 heteroatoms. The quantitative estimate of drug-likeness (QED) is 0.346. The molecule has 0 heterocycles. The molecule has 0 aromatic rings. The van der Waals surface area contributed by atoms with Gasteiger partial charge in [-0.15, -0.1) is 0 Å². The lowest BCUT2D eigenvalue weighted by atomic mass is 9.93. The summed E-state index contributed by atoms with van der Waals surface area (Å²) < 4.78 is 5.54. The van der Waals surface area contributed by atoms with Gasteiger partial charge < -0.3 is 20.5 Å². The predicted octanol–water partition coefficient (Wildman–Crippen LogP) is 2.05. The van der Waals surface area contributed by atoms with Gasteiger partial charge in [-0.3, -0.25) is 4.99 Å². The smallest absolute Gasteiger partial charge is 0.191 e. The lowest BCUT2D eigenvalue weighted by molar-refractivity contribution is 0.120. The Morgan fingerprint density at radius 3 is 2.52 bits per heavy atom. The molecule has 5 nitrogen and oxygen atoms in total. The number of aliphatic hydroxyl groups is 1. The average Bonchev–Trinajstić information content (AvgIpc) is 2.49. The van der Waals surface area contributed by atoms with Crippen LogP contribution >= 0.6 is 0 Å². The van der Waals surface area contributed by atoms with E-state index in [4.69, 9.17) is 4.74 Å². The zero-order chi connectivity index (χ0) is 15.3. The number of rotatable bonds is 9. The Morgan fingerprint density at radius 1 is 1.14 bits per heavy atom. The van der Waals surface area contributed by atoms with Crippen molar-refractivity contribution in [2.24, 2.45) is 4.99 Å². The molecular weight excluding hydrogens is 266 g/mol. The fourth-order valence-corrected chi connectivity index (χ4v) is 2.44. The number of aliphatic imine (C=N–C) groups is 1. The van der Waals surface area contributed by atoms with Crippen LogP contribution in [0.3, 0.4) is 0 Å². The Bertz CT molecular complexity index is 277. The fourth-order valence-electron chi connectivity index (χ4n) is 2.44. The van der Waals surface area contributed by atoms with Gasteiger partial charge in [-0.2, -0.15) is 0 Å². The van der Waals surface area contributed by atoms with E-state index in [1.54, 1.807) is 0 Å². The Kier molecular flexibility index (Phi) is 10.3. The second-order valence-electron chi connectivity index (χ2n) is 5.73. The third-order valence-electron chi connectivity index (χ3n) is 3.74. The minimum atomic E-state index is -0.108. The summed E-state index contributed by atoms with van der Waals surface area (Å²) in [6.07, 6.45) is 7.00. The average molecular weight is 299 g/mol. The maximum atomic E-state index is 9.54. The topological polar surface area (TPSA) is 65.9 Å². The summed E-state index contributed by atoms with van der Waals surface area (Å²) >= 11 is 0. The van der Waals surface area contributed by atoms with Gasteiger partial charge in [-0.05, 0) is 45.4 Å². The van der Waals surface area contributed by atoms with E-state index in [-0.39, 0.29) is 6.10 Å². The Hall–Kier alpha value is -0.810. The first-order valence-corrected chi connectivity index (χ1v) is 8.56. The molecule has 0 unspecified atom stereocenters. The highest BCUT2D eigenvalue weighted by Crippen LogP contribution is 2.18. The zero-order valence-corrected chi connectivity index (χ0v) is 13.7. The summed E-state index contributed by atoms with van der Waals surface area (Å²) in [4.78, 5) is 4.60. The minimum Gasteiger partial charge on any atom is -0.393 e. The Balaban J connectivity index is 2.19. The fraction of sp³-hybridized carbons (Fsp3) is 0.938. The molecule has 1 aliphatic carbocycles. The predicted molar refractivity (Wildman–Crippen MR) is 87.7 cm³/mol. The van der Waals surface area contributed by atoms with Gasteiger partial charge in [-0.1, -0.05) is 13.3 Å². The van der Waals surface area contributed by atoms with E-state index in [1.807, 2.05) is 0 Å². The van der Waals surface area contributed by atoms with E-state index >= 15 is 0 Å². The van der Waals surface area contributed by atoms with E-state index in [2.05, 4.69) is 29.5 Å². The van der Waals surface area contributed by atoms with E-state index in [0.29, 0.717) is 6.04 Å². The molecule has 1 aliphatic rings. The highest BCUT2D eigenvalue weighted by molar-refractivity contribution is 5.80. The number of unbranched alkanes of at least 4 members (excludes halogenated alkanes) is 1. The summed E-state index contributed by atoms with van der Waals surface area (Å²) in [5.41, 5.74) is 0. The number of hydrogen-bond acceptors (Lipinski definition) is 3. The second kappa shape index (κ2) is 11.8. The summed E-state index contributed by atoms with van der Waals surface area (Å²) in [5.74, 6) is 0.896. The number of hydrogen-bond donors (Lipinski definition) is 3. The summed E-state index contributed by atoms with van der Waals surface area (Å²) in [6.45, 7) is 7.56. The van der Waals surface area contributed by atoms with Gasteiger partial charge in [-0.25, -0.2) is 0 Å². The van der Waals surface area contributed by atoms with Crippen molar-refractivity contribution >= 4 is 5.96 Å². The van der Waals surface area contributed by atoms with Crippen LogP contribution in [0.1, 0.15) is 58.8 Å². The largest absolute Gasteiger partial charge is 0.393 e. The van der Waals surface area contributed by atoms with Crippen molar-refractivity contribution in [2.45, 2.75) is 70.9 Å². The molecular formula is C16H33N3O2. The van der Waals surface area contributed by atoms with Crippen LogP contribution in [0.25, 0.3) is 0 Å². The Labute approximate surface area is 129 Å². The molecule has 1 rings (SSSR count). The first kappa shape index (κ1) is 18.2. The van der Waals surface area contributed by atoms with Crippen molar-refractivity contribution < 1.29 is 9.84 Å². The molecule has 124 valence electrons. The molecule has 0 bridgehead atoms. The summed E-state index contributed by atoms with van der Waals surface area (Å²) in [6, 6.07) is 0.437. The van der Waals surface area contributed by atoms with Gasteiger partial charge in [0.2, 0.25) is 0 Å². The molecule has 0 aromatic heterocycles. The molecule has 1 fully saturated rings. The van der Waals surface area contributed by atoms with Crippen molar-refractivity contribution in [3.05, 3.63) is 0 Å². The number of aliphatic hydroxyl groups excluding tert-OH is 1. The molecule has 0 aliphatic heterocycles.